The maximum atomic E-state index is 13.4. The minimum absolute atomic E-state index is 0.0133. The van der Waals surface area contributed by atoms with Gasteiger partial charge in [0.1, 0.15) is 11.6 Å². The van der Waals surface area contributed by atoms with E-state index in [0.29, 0.717) is 12.3 Å². The lowest BCUT2D eigenvalue weighted by atomic mass is 10.1. The fourth-order valence-electron chi connectivity index (χ4n) is 2.35. The van der Waals surface area contributed by atoms with E-state index in [1.807, 2.05) is 19.4 Å². The number of rotatable bonds is 7. The van der Waals surface area contributed by atoms with Gasteiger partial charge in [0.25, 0.3) is 0 Å². The SMILES string of the molecule is CCCn1cncc1CNC(C)c1cc(F)ccc1OC. The minimum Gasteiger partial charge on any atom is -0.496 e. The fourth-order valence-corrected chi connectivity index (χ4v) is 2.35. The number of methoxy groups -OCH3 is 1. The summed E-state index contributed by atoms with van der Waals surface area (Å²) in [4.78, 5) is 4.18. The van der Waals surface area contributed by atoms with Gasteiger partial charge < -0.3 is 14.6 Å². The molecule has 0 bridgehead atoms. The van der Waals surface area contributed by atoms with Gasteiger partial charge in [-0.25, -0.2) is 9.37 Å². The van der Waals surface area contributed by atoms with Gasteiger partial charge >= 0.3 is 0 Å². The first-order chi connectivity index (χ1) is 10.2. The predicted molar refractivity (Wildman–Crippen MR) is 80.7 cm³/mol. The second-order valence-electron chi connectivity index (χ2n) is 5.07. The lowest BCUT2D eigenvalue weighted by molar-refractivity contribution is 0.399. The van der Waals surface area contributed by atoms with Gasteiger partial charge in [0.05, 0.1) is 19.1 Å². The first-order valence-electron chi connectivity index (χ1n) is 7.21. The number of nitrogens with zero attached hydrogens (tertiary/aromatic N) is 2. The van der Waals surface area contributed by atoms with E-state index in [1.165, 1.54) is 12.1 Å². The van der Waals surface area contributed by atoms with Gasteiger partial charge in [0, 0.05) is 30.9 Å². The molecule has 0 aliphatic heterocycles. The number of benzene rings is 1. The van der Waals surface area contributed by atoms with Crippen LogP contribution in [0.5, 0.6) is 5.75 Å². The van der Waals surface area contributed by atoms with Crippen LogP contribution in [0, 0.1) is 5.82 Å². The Bertz CT molecular complexity index is 583. The summed E-state index contributed by atoms with van der Waals surface area (Å²) in [6, 6.07) is 4.57. The van der Waals surface area contributed by atoms with E-state index in [9.17, 15) is 4.39 Å². The van der Waals surface area contributed by atoms with E-state index in [4.69, 9.17) is 4.74 Å². The van der Waals surface area contributed by atoms with Gasteiger partial charge in [-0.15, -0.1) is 0 Å². The van der Waals surface area contributed by atoms with E-state index in [0.717, 1.165) is 24.2 Å². The average Bonchev–Trinajstić information content (AvgIpc) is 2.92. The van der Waals surface area contributed by atoms with Crippen LogP contribution in [-0.4, -0.2) is 16.7 Å². The third kappa shape index (κ3) is 3.82. The van der Waals surface area contributed by atoms with Crippen LogP contribution < -0.4 is 10.1 Å². The first-order valence-corrected chi connectivity index (χ1v) is 7.21. The molecular formula is C16H22FN3O. The summed E-state index contributed by atoms with van der Waals surface area (Å²) in [7, 11) is 1.60. The van der Waals surface area contributed by atoms with Crippen molar-refractivity contribution >= 4 is 0 Å². The normalized spacial score (nSPS) is 12.4. The quantitative estimate of drug-likeness (QED) is 0.851. The summed E-state index contributed by atoms with van der Waals surface area (Å²) < 4.78 is 20.8. The fraction of sp³-hybridized carbons (Fsp3) is 0.438. The number of nitrogens with one attached hydrogen (secondary N) is 1. The molecule has 1 N–H and O–H groups in total. The Hall–Kier alpha value is -1.88. The number of aromatic nitrogens is 2. The smallest absolute Gasteiger partial charge is 0.123 e. The van der Waals surface area contributed by atoms with E-state index in [2.05, 4.69) is 21.8 Å². The number of imidazole rings is 1. The van der Waals surface area contributed by atoms with Crippen molar-refractivity contribution in [1.29, 1.82) is 0 Å². The van der Waals surface area contributed by atoms with Crippen LogP contribution in [-0.2, 0) is 13.1 Å². The molecule has 0 saturated carbocycles. The van der Waals surface area contributed by atoms with Crippen LogP contribution in [0.25, 0.3) is 0 Å². The standard InChI is InChI=1S/C16H22FN3O/c1-4-7-20-11-18-9-14(20)10-19-12(2)15-8-13(17)5-6-16(15)21-3/h5-6,8-9,11-12,19H,4,7,10H2,1-3H3. The topological polar surface area (TPSA) is 39.1 Å². The van der Waals surface area contributed by atoms with Crippen LogP contribution >= 0.6 is 0 Å². The molecule has 21 heavy (non-hydrogen) atoms. The largest absolute Gasteiger partial charge is 0.496 e. The number of hydrogen-bond donors (Lipinski definition) is 1. The molecule has 2 aromatic rings. The summed E-state index contributed by atoms with van der Waals surface area (Å²) in [6.45, 7) is 5.77. The second-order valence-corrected chi connectivity index (χ2v) is 5.07. The van der Waals surface area contributed by atoms with Crippen molar-refractivity contribution in [3.63, 3.8) is 0 Å². The van der Waals surface area contributed by atoms with E-state index in [-0.39, 0.29) is 11.9 Å². The predicted octanol–water partition coefficient (Wildman–Crippen LogP) is 3.29. The zero-order valence-electron chi connectivity index (χ0n) is 12.8. The highest BCUT2D eigenvalue weighted by Gasteiger charge is 2.13. The molecule has 0 radical (unpaired) electrons. The zero-order chi connectivity index (χ0) is 15.2. The van der Waals surface area contributed by atoms with Gasteiger partial charge in [0.15, 0.2) is 0 Å². The van der Waals surface area contributed by atoms with Crippen molar-refractivity contribution in [3.05, 3.63) is 47.8 Å². The number of ether oxygens (including phenoxy) is 1. The van der Waals surface area contributed by atoms with Crippen molar-refractivity contribution in [3.8, 4) is 5.75 Å². The Morgan fingerprint density at radius 1 is 1.43 bits per heavy atom. The van der Waals surface area contributed by atoms with Gasteiger partial charge in [-0.2, -0.15) is 0 Å². The molecule has 0 saturated heterocycles. The molecule has 1 heterocycles. The Morgan fingerprint density at radius 2 is 2.24 bits per heavy atom. The molecule has 0 fully saturated rings. The Morgan fingerprint density at radius 3 is 2.95 bits per heavy atom. The first kappa shape index (κ1) is 15.5. The van der Waals surface area contributed by atoms with Crippen molar-refractivity contribution in [2.75, 3.05) is 7.11 Å². The van der Waals surface area contributed by atoms with Crippen molar-refractivity contribution < 1.29 is 9.13 Å². The molecule has 1 aromatic heterocycles. The molecule has 4 nitrogen and oxygen atoms in total. The lowest BCUT2D eigenvalue weighted by Gasteiger charge is -2.18. The summed E-state index contributed by atoms with van der Waals surface area (Å²) in [5, 5.41) is 3.39. The van der Waals surface area contributed by atoms with Crippen molar-refractivity contribution in [1.82, 2.24) is 14.9 Å². The summed E-state index contributed by atoms with van der Waals surface area (Å²) in [6.07, 6.45) is 4.77. The summed E-state index contributed by atoms with van der Waals surface area (Å²) in [5.41, 5.74) is 1.94. The average molecular weight is 291 g/mol. The Balaban J connectivity index is 2.06. The Labute approximate surface area is 125 Å². The van der Waals surface area contributed by atoms with Crippen molar-refractivity contribution in [2.24, 2.45) is 0 Å². The van der Waals surface area contributed by atoms with Gasteiger partial charge in [-0.05, 0) is 31.5 Å². The summed E-state index contributed by atoms with van der Waals surface area (Å²) >= 11 is 0. The van der Waals surface area contributed by atoms with Crippen LogP contribution in [0.4, 0.5) is 4.39 Å². The van der Waals surface area contributed by atoms with Crippen LogP contribution in [0.3, 0.4) is 0 Å². The van der Waals surface area contributed by atoms with Crippen LogP contribution in [0.15, 0.2) is 30.7 Å². The lowest BCUT2D eigenvalue weighted by Crippen LogP contribution is -2.20. The maximum Gasteiger partial charge on any atom is 0.123 e. The molecule has 2 rings (SSSR count). The van der Waals surface area contributed by atoms with Crippen LogP contribution in [0.1, 0.15) is 37.6 Å². The molecule has 5 heteroatoms. The van der Waals surface area contributed by atoms with E-state index >= 15 is 0 Å². The molecule has 0 amide bonds. The highest BCUT2D eigenvalue weighted by atomic mass is 19.1. The zero-order valence-corrected chi connectivity index (χ0v) is 12.8. The molecule has 1 atom stereocenters. The van der Waals surface area contributed by atoms with E-state index in [1.54, 1.807) is 13.2 Å². The minimum atomic E-state index is -0.254. The number of aryl methyl sites for hydroxylation is 1. The molecule has 1 aromatic carbocycles. The van der Waals surface area contributed by atoms with Crippen LogP contribution in [0.2, 0.25) is 0 Å². The maximum absolute atomic E-state index is 13.4. The third-order valence-electron chi connectivity index (χ3n) is 3.51. The summed E-state index contributed by atoms with van der Waals surface area (Å²) in [5.74, 6) is 0.439. The number of hydrogen-bond acceptors (Lipinski definition) is 3. The van der Waals surface area contributed by atoms with Gasteiger partial charge in [-0.1, -0.05) is 6.92 Å². The molecule has 0 aliphatic carbocycles. The van der Waals surface area contributed by atoms with Gasteiger partial charge in [0.2, 0.25) is 0 Å². The van der Waals surface area contributed by atoms with E-state index < -0.39 is 0 Å². The molecule has 0 aliphatic rings. The van der Waals surface area contributed by atoms with Crippen molar-refractivity contribution in [2.45, 2.75) is 39.4 Å². The highest BCUT2D eigenvalue weighted by molar-refractivity contribution is 5.36. The highest BCUT2D eigenvalue weighted by Crippen LogP contribution is 2.26. The molecule has 0 spiro atoms. The third-order valence-corrected chi connectivity index (χ3v) is 3.51. The molecular weight excluding hydrogens is 269 g/mol. The second kappa shape index (κ2) is 7.22. The molecule has 1 unspecified atom stereocenters. The Kier molecular flexibility index (Phi) is 5.33. The van der Waals surface area contributed by atoms with Gasteiger partial charge in [-0.3, -0.25) is 0 Å². The number of halogens is 1. The molecule has 114 valence electrons. The monoisotopic (exact) mass is 291 g/mol.